The van der Waals surface area contributed by atoms with Gasteiger partial charge in [-0.1, -0.05) is 17.7 Å². The van der Waals surface area contributed by atoms with Gasteiger partial charge in [0.1, 0.15) is 5.75 Å². The van der Waals surface area contributed by atoms with E-state index >= 15 is 0 Å². The average Bonchev–Trinajstić information content (AvgIpc) is 2.75. The van der Waals surface area contributed by atoms with Crippen LogP contribution in [0.3, 0.4) is 0 Å². The molecule has 17 heavy (non-hydrogen) atoms. The van der Waals surface area contributed by atoms with Crippen LogP contribution in [0.5, 0.6) is 5.75 Å². The predicted octanol–water partition coefficient (Wildman–Crippen LogP) is 2.13. The van der Waals surface area contributed by atoms with Gasteiger partial charge in [-0.25, -0.2) is 0 Å². The number of hydrogen-bond donors (Lipinski definition) is 1. The zero-order chi connectivity index (χ0) is 12.4. The Kier molecular flexibility index (Phi) is 3.36. The number of aryl methyl sites for hydroxylation is 1. The molecule has 0 radical (unpaired) electrons. The lowest BCUT2D eigenvalue weighted by Gasteiger charge is -2.14. The highest BCUT2D eigenvalue weighted by atomic mass is 35.5. The molecule has 0 aliphatic rings. The lowest BCUT2D eigenvalue weighted by molar-refractivity contribution is 0.414. The lowest BCUT2D eigenvalue weighted by Crippen LogP contribution is -2.15. The van der Waals surface area contributed by atoms with Crippen molar-refractivity contribution in [3.63, 3.8) is 0 Å². The van der Waals surface area contributed by atoms with Gasteiger partial charge in [-0.05, 0) is 23.8 Å². The van der Waals surface area contributed by atoms with E-state index in [1.165, 1.54) is 0 Å². The van der Waals surface area contributed by atoms with E-state index in [4.69, 9.17) is 22.1 Å². The summed E-state index contributed by atoms with van der Waals surface area (Å²) in [6.45, 7) is 0. The van der Waals surface area contributed by atoms with Crippen LogP contribution in [0, 0.1) is 0 Å². The van der Waals surface area contributed by atoms with Gasteiger partial charge < -0.3 is 10.5 Å². The van der Waals surface area contributed by atoms with Crippen LogP contribution in [0.4, 0.5) is 0 Å². The summed E-state index contributed by atoms with van der Waals surface area (Å²) >= 11 is 5.97. The van der Waals surface area contributed by atoms with E-state index in [1.54, 1.807) is 24.1 Å². The third-order valence-corrected chi connectivity index (χ3v) is 3.02. The number of rotatable bonds is 3. The van der Waals surface area contributed by atoms with E-state index in [0.717, 1.165) is 11.3 Å². The molecule has 1 unspecified atom stereocenters. The van der Waals surface area contributed by atoms with Gasteiger partial charge in [0, 0.05) is 13.2 Å². The number of halogens is 1. The normalized spacial score (nSPS) is 12.5. The van der Waals surface area contributed by atoms with E-state index in [-0.39, 0.29) is 6.04 Å². The Labute approximate surface area is 105 Å². The van der Waals surface area contributed by atoms with Gasteiger partial charge in [0.25, 0.3) is 0 Å². The zero-order valence-corrected chi connectivity index (χ0v) is 10.5. The number of hydrogen-bond acceptors (Lipinski definition) is 3. The molecule has 1 aromatic carbocycles. The van der Waals surface area contributed by atoms with E-state index in [2.05, 4.69) is 5.10 Å². The van der Waals surface area contributed by atoms with Crippen LogP contribution < -0.4 is 10.5 Å². The minimum absolute atomic E-state index is 0.242. The molecule has 1 heterocycles. The summed E-state index contributed by atoms with van der Waals surface area (Å²) in [6, 6.07) is 7.17. The predicted molar refractivity (Wildman–Crippen MR) is 67.2 cm³/mol. The molecule has 5 heteroatoms. The summed E-state index contributed by atoms with van der Waals surface area (Å²) in [5, 5.41) is 4.68. The molecule has 0 aliphatic carbocycles. The van der Waals surface area contributed by atoms with Crippen molar-refractivity contribution < 1.29 is 4.74 Å². The fourth-order valence-electron chi connectivity index (χ4n) is 1.73. The SMILES string of the molecule is COc1cc(C(N)c2ccnn2C)ccc1Cl. The monoisotopic (exact) mass is 251 g/mol. The van der Waals surface area contributed by atoms with E-state index < -0.39 is 0 Å². The number of ether oxygens (including phenoxy) is 1. The molecule has 4 nitrogen and oxygen atoms in total. The van der Waals surface area contributed by atoms with Crippen molar-refractivity contribution >= 4 is 11.6 Å². The van der Waals surface area contributed by atoms with Gasteiger partial charge in [-0.3, -0.25) is 4.68 Å². The first-order valence-corrected chi connectivity index (χ1v) is 5.58. The third kappa shape index (κ3) is 2.28. The highest BCUT2D eigenvalue weighted by Crippen LogP contribution is 2.29. The molecule has 0 amide bonds. The van der Waals surface area contributed by atoms with E-state index in [1.807, 2.05) is 25.2 Å². The van der Waals surface area contributed by atoms with E-state index in [0.29, 0.717) is 10.8 Å². The standard InChI is InChI=1S/C12H14ClN3O/c1-16-10(5-6-15-16)12(14)8-3-4-9(13)11(7-8)17-2/h3-7,12H,14H2,1-2H3. The Bertz CT molecular complexity index is 524. The van der Waals surface area contributed by atoms with Crippen LogP contribution in [0.25, 0.3) is 0 Å². The van der Waals surface area contributed by atoms with Crippen molar-refractivity contribution in [3.8, 4) is 5.75 Å². The Morgan fingerprint density at radius 1 is 1.41 bits per heavy atom. The molecule has 1 aromatic heterocycles. The van der Waals surface area contributed by atoms with Gasteiger partial charge in [-0.2, -0.15) is 5.10 Å². The number of nitrogens with zero attached hydrogens (tertiary/aromatic N) is 2. The van der Waals surface area contributed by atoms with Crippen molar-refractivity contribution in [2.24, 2.45) is 12.8 Å². The summed E-state index contributed by atoms with van der Waals surface area (Å²) in [7, 11) is 3.45. The van der Waals surface area contributed by atoms with Gasteiger partial charge in [0.2, 0.25) is 0 Å². The van der Waals surface area contributed by atoms with Crippen LogP contribution in [0.2, 0.25) is 5.02 Å². The highest BCUT2D eigenvalue weighted by molar-refractivity contribution is 6.32. The molecule has 0 spiro atoms. The van der Waals surface area contributed by atoms with Gasteiger partial charge in [-0.15, -0.1) is 0 Å². The van der Waals surface area contributed by atoms with Crippen molar-refractivity contribution in [2.75, 3.05) is 7.11 Å². The van der Waals surface area contributed by atoms with Crippen LogP contribution in [0.15, 0.2) is 30.5 Å². The van der Waals surface area contributed by atoms with Crippen LogP contribution in [0.1, 0.15) is 17.3 Å². The molecule has 0 bridgehead atoms. The van der Waals surface area contributed by atoms with Crippen molar-refractivity contribution in [1.29, 1.82) is 0 Å². The van der Waals surface area contributed by atoms with E-state index in [9.17, 15) is 0 Å². The number of aromatic nitrogens is 2. The molecule has 90 valence electrons. The molecule has 0 saturated carbocycles. The summed E-state index contributed by atoms with van der Waals surface area (Å²) in [6.07, 6.45) is 1.72. The Hall–Kier alpha value is -1.52. The molecule has 0 fully saturated rings. The molecule has 2 aromatic rings. The summed E-state index contributed by atoms with van der Waals surface area (Å²) in [5.74, 6) is 0.627. The Morgan fingerprint density at radius 2 is 2.18 bits per heavy atom. The molecule has 0 saturated heterocycles. The average molecular weight is 252 g/mol. The summed E-state index contributed by atoms with van der Waals surface area (Å²) < 4.78 is 6.93. The number of benzene rings is 1. The topological polar surface area (TPSA) is 53.1 Å². The fraction of sp³-hybridized carbons (Fsp3) is 0.250. The molecule has 2 N–H and O–H groups in total. The Balaban J connectivity index is 2.38. The Morgan fingerprint density at radius 3 is 2.76 bits per heavy atom. The fourth-order valence-corrected chi connectivity index (χ4v) is 1.92. The van der Waals surface area contributed by atoms with Gasteiger partial charge in [0.15, 0.2) is 0 Å². The second-order valence-electron chi connectivity index (χ2n) is 3.75. The van der Waals surface area contributed by atoms with Crippen LogP contribution in [-0.2, 0) is 7.05 Å². The first-order valence-electron chi connectivity index (χ1n) is 5.20. The second kappa shape index (κ2) is 4.77. The smallest absolute Gasteiger partial charge is 0.137 e. The largest absolute Gasteiger partial charge is 0.495 e. The molecular weight excluding hydrogens is 238 g/mol. The van der Waals surface area contributed by atoms with Crippen LogP contribution >= 0.6 is 11.6 Å². The van der Waals surface area contributed by atoms with Crippen molar-refractivity contribution in [2.45, 2.75) is 6.04 Å². The highest BCUT2D eigenvalue weighted by Gasteiger charge is 2.14. The minimum Gasteiger partial charge on any atom is -0.495 e. The van der Waals surface area contributed by atoms with Crippen molar-refractivity contribution in [3.05, 3.63) is 46.7 Å². The minimum atomic E-state index is -0.242. The van der Waals surface area contributed by atoms with Crippen LogP contribution in [-0.4, -0.2) is 16.9 Å². The first-order chi connectivity index (χ1) is 8.13. The van der Waals surface area contributed by atoms with Gasteiger partial charge >= 0.3 is 0 Å². The maximum absolute atomic E-state index is 6.18. The summed E-state index contributed by atoms with van der Waals surface area (Å²) in [5.41, 5.74) is 8.05. The number of methoxy groups -OCH3 is 1. The molecule has 2 rings (SSSR count). The van der Waals surface area contributed by atoms with Crippen molar-refractivity contribution in [1.82, 2.24) is 9.78 Å². The lowest BCUT2D eigenvalue weighted by atomic mass is 10.0. The molecule has 1 atom stereocenters. The molecule has 0 aliphatic heterocycles. The maximum Gasteiger partial charge on any atom is 0.137 e. The molecular formula is C12H14ClN3O. The number of nitrogens with two attached hydrogens (primary N) is 1. The quantitative estimate of drug-likeness (QED) is 0.909. The first kappa shape index (κ1) is 12.0. The second-order valence-corrected chi connectivity index (χ2v) is 4.16. The zero-order valence-electron chi connectivity index (χ0n) is 9.72. The maximum atomic E-state index is 6.18. The third-order valence-electron chi connectivity index (χ3n) is 2.71. The summed E-state index contributed by atoms with van der Waals surface area (Å²) in [4.78, 5) is 0. The van der Waals surface area contributed by atoms with Gasteiger partial charge in [0.05, 0.1) is 23.9 Å².